The SMILES string of the molecule is COC1=CC(C(F)(F)F)=C(c2cc3c4c(c2)C2CNCCC2N4CCC3)CC=C1. The van der Waals surface area contributed by atoms with E-state index < -0.39 is 11.7 Å². The Bertz CT molecular complexity index is 929. The summed E-state index contributed by atoms with van der Waals surface area (Å²) in [5.74, 6) is 0.592. The Morgan fingerprint density at radius 2 is 2.10 bits per heavy atom. The summed E-state index contributed by atoms with van der Waals surface area (Å²) in [7, 11) is 1.40. The highest BCUT2D eigenvalue weighted by atomic mass is 19.4. The van der Waals surface area contributed by atoms with Gasteiger partial charge in [0.25, 0.3) is 0 Å². The van der Waals surface area contributed by atoms with Gasteiger partial charge in [0.05, 0.1) is 12.7 Å². The molecule has 0 amide bonds. The molecule has 0 saturated carbocycles. The first-order chi connectivity index (χ1) is 14.0. The van der Waals surface area contributed by atoms with Crippen LogP contribution >= 0.6 is 0 Å². The summed E-state index contributed by atoms with van der Waals surface area (Å²) in [5, 5.41) is 3.48. The molecule has 3 nitrogen and oxygen atoms in total. The first-order valence-corrected chi connectivity index (χ1v) is 10.3. The van der Waals surface area contributed by atoms with Crippen molar-refractivity contribution in [2.75, 3.05) is 31.6 Å². The van der Waals surface area contributed by atoms with E-state index in [-0.39, 0.29) is 12.2 Å². The van der Waals surface area contributed by atoms with E-state index in [1.54, 1.807) is 12.2 Å². The molecule has 0 radical (unpaired) electrons. The number of allylic oxidation sites excluding steroid dienone is 5. The summed E-state index contributed by atoms with van der Waals surface area (Å²) in [6.07, 6.45) is 3.42. The number of nitrogens with one attached hydrogen (secondary N) is 1. The average molecular weight is 402 g/mol. The van der Waals surface area contributed by atoms with Gasteiger partial charge in [0.2, 0.25) is 0 Å². The molecule has 154 valence electrons. The van der Waals surface area contributed by atoms with Gasteiger partial charge in [-0.25, -0.2) is 0 Å². The van der Waals surface area contributed by atoms with Gasteiger partial charge in [-0.05, 0) is 78.8 Å². The molecular formula is C23H25F3N2O. The van der Waals surface area contributed by atoms with E-state index in [4.69, 9.17) is 4.74 Å². The van der Waals surface area contributed by atoms with E-state index in [0.29, 0.717) is 23.1 Å². The second kappa shape index (κ2) is 6.94. The van der Waals surface area contributed by atoms with Gasteiger partial charge in [-0.3, -0.25) is 0 Å². The standard InChI is InChI=1S/C23H25F3N2O/c1-29-16-5-2-6-17(20(12-16)23(24,25)26)15-10-14-4-3-9-28-21-7-8-27-13-19(21)18(11-15)22(14)28/h2,5,10-12,19,21,27H,3-4,6-9,13H2,1H3. The van der Waals surface area contributed by atoms with E-state index in [1.807, 2.05) is 12.1 Å². The van der Waals surface area contributed by atoms with Crippen molar-refractivity contribution >= 4 is 11.3 Å². The molecule has 1 aromatic carbocycles. The smallest absolute Gasteiger partial charge is 0.416 e. The summed E-state index contributed by atoms with van der Waals surface area (Å²) in [6, 6.07) is 4.52. The number of nitrogens with zero attached hydrogens (tertiary/aromatic N) is 1. The third-order valence-corrected chi connectivity index (χ3v) is 6.70. The van der Waals surface area contributed by atoms with E-state index in [9.17, 15) is 13.2 Å². The van der Waals surface area contributed by atoms with Gasteiger partial charge in [-0.15, -0.1) is 0 Å². The Kier molecular flexibility index (Phi) is 4.50. The molecule has 2 unspecified atom stereocenters. The minimum atomic E-state index is -4.43. The molecule has 1 aromatic rings. The molecule has 4 aliphatic rings. The maximum atomic E-state index is 14.0. The zero-order valence-corrected chi connectivity index (χ0v) is 16.5. The van der Waals surface area contributed by atoms with E-state index in [0.717, 1.165) is 45.0 Å². The zero-order chi connectivity index (χ0) is 20.2. The van der Waals surface area contributed by atoms with Crippen molar-refractivity contribution in [2.24, 2.45) is 0 Å². The van der Waals surface area contributed by atoms with Crippen molar-refractivity contribution in [3.63, 3.8) is 0 Å². The van der Waals surface area contributed by atoms with Crippen LogP contribution in [0, 0.1) is 0 Å². The highest BCUT2D eigenvalue weighted by Gasteiger charge is 2.43. The molecule has 3 heterocycles. The van der Waals surface area contributed by atoms with Crippen molar-refractivity contribution in [1.29, 1.82) is 0 Å². The third kappa shape index (κ3) is 3.08. The molecule has 1 saturated heterocycles. The van der Waals surface area contributed by atoms with Crippen molar-refractivity contribution < 1.29 is 17.9 Å². The largest absolute Gasteiger partial charge is 0.497 e. The number of halogens is 3. The lowest BCUT2D eigenvalue weighted by atomic mass is 9.86. The molecule has 1 fully saturated rings. The van der Waals surface area contributed by atoms with E-state index >= 15 is 0 Å². The molecule has 2 atom stereocenters. The van der Waals surface area contributed by atoms with Crippen LogP contribution < -0.4 is 10.2 Å². The first kappa shape index (κ1) is 18.8. The predicted molar refractivity (Wildman–Crippen MR) is 108 cm³/mol. The summed E-state index contributed by atoms with van der Waals surface area (Å²) < 4.78 is 47.0. The average Bonchev–Trinajstić information content (AvgIpc) is 2.88. The van der Waals surface area contributed by atoms with Crippen LogP contribution in [0.5, 0.6) is 0 Å². The van der Waals surface area contributed by atoms with Gasteiger partial charge in [-0.2, -0.15) is 13.2 Å². The minimum Gasteiger partial charge on any atom is -0.497 e. The lowest BCUT2D eigenvalue weighted by Gasteiger charge is -2.36. The van der Waals surface area contributed by atoms with Gasteiger partial charge in [0, 0.05) is 30.7 Å². The summed E-state index contributed by atoms with van der Waals surface area (Å²) in [4.78, 5) is 2.53. The molecular weight excluding hydrogens is 377 g/mol. The molecule has 1 N–H and O–H groups in total. The number of hydrogen-bond acceptors (Lipinski definition) is 3. The number of ether oxygens (including phenoxy) is 1. The van der Waals surface area contributed by atoms with Gasteiger partial charge >= 0.3 is 6.18 Å². The Hall–Kier alpha value is -2.21. The van der Waals surface area contributed by atoms with Crippen LogP contribution in [0.3, 0.4) is 0 Å². The second-order valence-corrected chi connectivity index (χ2v) is 8.28. The molecule has 5 rings (SSSR count). The molecule has 29 heavy (non-hydrogen) atoms. The maximum Gasteiger partial charge on any atom is 0.416 e. The Labute approximate surface area is 168 Å². The van der Waals surface area contributed by atoms with E-state index in [2.05, 4.69) is 10.2 Å². The molecule has 0 aromatic heterocycles. The monoisotopic (exact) mass is 402 g/mol. The number of anilines is 1. The molecule has 1 aliphatic carbocycles. The lowest BCUT2D eigenvalue weighted by molar-refractivity contribution is -0.0879. The van der Waals surface area contributed by atoms with Crippen LogP contribution in [-0.2, 0) is 11.2 Å². The minimum absolute atomic E-state index is 0.234. The molecule has 6 heteroatoms. The number of hydrogen-bond donors (Lipinski definition) is 1. The highest BCUT2D eigenvalue weighted by molar-refractivity contribution is 5.79. The number of benzene rings is 1. The second-order valence-electron chi connectivity index (χ2n) is 8.28. The van der Waals surface area contributed by atoms with E-state index in [1.165, 1.54) is 23.9 Å². The van der Waals surface area contributed by atoms with Gasteiger partial charge in [-0.1, -0.05) is 6.08 Å². The fourth-order valence-electron chi connectivity index (χ4n) is 5.47. The zero-order valence-electron chi connectivity index (χ0n) is 16.5. The molecule has 0 spiro atoms. The van der Waals surface area contributed by atoms with Crippen molar-refractivity contribution in [3.8, 4) is 0 Å². The van der Waals surface area contributed by atoms with Gasteiger partial charge in [0.15, 0.2) is 0 Å². The van der Waals surface area contributed by atoms with Crippen LogP contribution in [-0.4, -0.2) is 39.0 Å². The Morgan fingerprint density at radius 1 is 1.24 bits per heavy atom. The number of alkyl halides is 3. The summed E-state index contributed by atoms with van der Waals surface area (Å²) in [5.41, 5.74) is 4.17. The Morgan fingerprint density at radius 3 is 2.90 bits per heavy atom. The number of rotatable bonds is 2. The van der Waals surface area contributed by atoms with Crippen LogP contribution in [0.2, 0.25) is 0 Å². The fourth-order valence-corrected chi connectivity index (χ4v) is 5.47. The molecule has 0 bridgehead atoms. The quantitative estimate of drug-likeness (QED) is 0.776. The van der Waals surface area contributed by atoms with Crippen LogP contribution in [0.4, 0.5) is 18.9 Å². The van der Waals surface area contributed by atoms with Crippen molar-refractivity contribution in [2.45, 2.75) is 43.8 Å². The topological polar surface area (TPSA) is 24.5 Å². The normalized spacial score (nSPS) is 26.1. The van der Waals surface area contributed by atoms with Crippen LogP contribution in [0.15, 0.2) is 41.7 Å². The van der Waals surface area contributed by atoms with Gasteiger partial charge in [0.1, 0.15) is 5.76 Å². The maximum absolute atomic E-state index is 14.0. The van der Waals surface area contributed by atoms with Gasteiger partial charge < -0.3 is 15.0 Å². The van der Waals surface area contributed by atoms with Crippen molar-refractivity contribution in [3.05, 3.63) is 58.4 Å². The van der Waals surface area contributed by atoms with Crippen LogP contribution in [0.1, 0.15) is 41.9 Å². The highest BCUT2D eigenvalue weighted by Crippen LogP contribution is 2.49. The van der Waals surface area contributed by atoms with Crippen LogP contribution in [0.25, 0.3) is 5.57 Å². The van der Waals surface area contributed by atoms with Crippen molar-refractivity contribution in [1.82, 2.24) is 5.32 Å². The first-order valence-electron chi connectivity index (χ1n) is 10.3. The number of methoxy groups -OCH3 is 1. The number of aryl methyl sites for hydroxylation is 1. The summed E-state index contributed by atoms with van der Waals surface area (Å²) >= 11 is 0. The lowest BCUT2D eigenvalue weighted by Crippen LogP contribution is -2.45. The predicted octanol–water partition coefficient (Wildman–Crippen LogP) is 4.70. The number of piperidine rings is 1. The third-order valence-electron chi connectivity index (χ3n) is 6.70. The summed E-state index contributed by atoms with van der Waals surface area (Å²) in [6.45, 7) is 2.96. The Balaban J connectivity index is 1.69. The molecule has 3 aliphatic heterocycles. The number of fused-ring (bicyclic) bond motifs is 3. The fraction of sp³-hybridized carbons (Fsp3) is 0.478.